The zero-order valence-electron chi connectivity index (χ0n) is 11.3. The van der Waals surface area contributed by atoms with E-state index in [-0.39, 0.29) is 12.1 Å². The van der Waals surface area contributed by atoms with E-state index in [4.69, 9.17) is 4.74 Å². The van der Waals surface area contributed by atoms with Crippen LogP contribution in [-0.2, 0) is 4.74 Å². The molecule has 4 nitrogen and oxygen atoms in total. The largest absolute Gasteiger partial charge is 0.450 e. The molecular formula is C15H20N2O2. The molecule has 4 rings (SSSR count). The molecule has 2 saturated heterocycles. The highest BCUT2D eigenvalue weighted by Crippen LogP contribution is 2.43. The minimum atomic E-state index is -0.155. The van der Waals surface area contributed by atoms with Crippen LogP contribution in [0.25, 0.3) is 0 Å². The highest BCUT2D eigenvalue weighted by molar-refractivity contribution is 5.68. The van der Waals surface area contributed by atoms with Crippen LogP contribution in [0.1, 0.15) is 37.8 Å². The number of aromatic nitrogens is 1. The first-order chi connectivity index (χ1) is 9.29. The summed E-state index contributed by atoms with van der Waals surface area (Å²) >= 11 is 0. The molecule has 0 aromatic carbocycles. The summed E-state index contributed by atoms with van der Waals surface area (Å²) in [5.41, 5.74) is 1.12. The lowest BCUT2D eigenvalue weighted by Crippen LogP contribution is -2.54. The minimum Gasteiger partial charge on any atom is -0.450 e. The van der Waals surface area contributed by atoms with Gasteiger partial charge in [-0.3, -0.25) is 4.98 Å². The Morgan fingerprint density at radius 1 is 1.47 bits per heavy atom. The van der Waals surface area contributed by atoms with E-state index in [2.05, 4.69) is 11.1 Å². The third-order valence-corrected chi connectivity index (χ3v) is 4.35. The molecule has 4 heteroatoms. The molecule has 0 N–H and O–H groups in total. The van der Waals surface area contributed by atoms with E-state index < -0.39 is 0 Å². The number of rotatable bonds is 2. The number of fused-ring (bicyclic) bond motifs is 3. The maximum atomic E-state index is 12.0. The Bertz CT molecular complexity index is 449. The summed E-state index contributed by atoms with van der Waals surface area (Å²) in [5.74, 6) is 0.972. The zero-order chi connectivity index (χ0) is 13.2. The van der Waals surface area contributed by atoms with Gasteiger partial charge in [-0.2, -0.15) is 0 Å². The van der Waals surface area contributed by atoms with Crippen molar-refractivity contribution in [1.29, 1.82) is 0 Å². The molecule has 2 bridgehead atoms. The molecule has 3 atom stereocenters. The van der Waals surface area contributed by atoms with E-state index in [0.717, 1.165) is 25.1 Å². The SMILES string of the molecule is CCOC(=O)N1CC2CCC1C(c1ccccn1)C2. The normalized spacial score (nSPS) is 29.3. The first kappa shape index (κ1) is 12.5. The van der Waals surface area contributed by atoms with Crippen LogP contribution in [-0.4, -0.2) is 35.2 Å². The molecule has 3 fully saturated rings. The predicted octanol–water partition coefficient (Wildman–Crippen LogP) is 2.81. The van der Waals surface area contributed by atoms with Crippen LogP contribution in [0, 0.1) is 5.92 Å². The second kappa shape index (κ2) is 5.19. The number of ether oxygens (including phenoxy) is 1. The lowest BCUT2D eigenvalue weighted by atomic mass is 9.71. The smallest absolute Gasteiger partial charge is 0.410 e. The monoisotopic (exact) mass is 260 g/mol. The summed E-state index contributed by atoms with van der Waals surface area (Å²) in [6.07, 6.45) is 5.14. The Labute approximate surface area is 113 Å². The van der Waals surface area contributed by atoms with Gasteiger partial charge in [0.25, 0.3) is 0 Å². The molecule has 1 saturated carbocycles. The molecule has 1 aliphatic carbocycles. The van der Waals surface area contributed by atoms with Crippen molar-refractivity contribution < 1.29 is 9.53 Å². The number of hydrogen-bond donors (Lipinski definition) is 0. The van der Waals surface area contributed by atoms with Crippen LogP contribution < -0.4 is 0 Å². The zero-order valence-corrected chi connectivity index (χ0v) is 11.3. The number of amides is 1. The number of carbonyl (C=O) groups is 1. The average Bonchev–Trinajstić information content (AvgIpc) is 2.49. The fourth-order valence-corrected chi connectivity index (χ4v) is 3.52. The maximum Gasteiger partial charge on any atom is 0.410 e. The van der Waals surface area contributed by atoms with Gasteiger partial charge in [0.15, 0.2) is 0 Å². The van der Waals surface area contributed by atoms with Crippen molar-refractivity contribution in [2.75, 3.05) is 13.2 Å². The molecule has 1 aromatic heterocycles. The van der Waals surface area contributed by atoms with Gasteiger partial charge in [-0.05, 0) is 44.2 Å². The summed E-state index contributed by atoms with van der Waals surface area (Å²) in [7, 11) is 0. The molecule has 19 heavy (non-hydrogen) atoms. The van der Waals surface area contributed by atoms with E-state index in [1.807, 2.05) is 30.2 Å². The van der Waals surface area contributed by atoms with Gasteiger partial charge in [0.2, 0.25) is 0 Å². The lowest BCUT2D eigenvalue weighted by molar-refractivity contribution is 0.0186. The van der Waals surface area contributed by atoms with Gasteiger partial charge in [0.1, 0.15) is 0 Å². The van der Waals surface area contributed by atoms with E-state index in [1.165, 1.54) is 6.42 Å². The van der Waals surface area contributed by atoms with E-state index in [1.54, 1.807) is 0 Å². The number of nitrogens with zero attached hydrogens (tertiary/aromatic N) is 2. The highest BCUT2D eigenvalue weighted by atomic mass is 16.6. The molecule has 1 amide bonds. The van der Waals surface area contributed by atoms with Crippen LogP contribution in [0.3, 0.4) is 0 Å². The fraction of sp³-hybridized carbons (Fsp3) is 0.600. The quantitative estimate of drug-likeness (QED) is 0.821. The van der Waals surface area contributed by atoms with Crippen molar-refractivity contribution >= 4 is 6.09 Å². The fourth-order valence-electron chi connectivity index (χ4n) is 3.52. The van der Waals surface area contributed by atoms with E-state index in [0.29, 0.717) is 18.4 Å². The van der Waals surface area contributed by atoms with Crippen LogP contribution in [0.2, 0.25) is 0 Å². The first-order valence-electron chi connectivity index (χ1n) is 7.14. The van der Waals surface area contributed by atoms with E-state index in [9.17, 15) is 4.79 Å². The summed E-state index contributed by atoms with van der Waals surface area (Å²) in [6, 6.07) is 6.31. The van der Waals surface area contributed by atoms with Crippen molar-refractivity contribution in [1.82, 2.24) is 9.88 Å². The number of pyridine rings is 1. The van der Waals surface area contributed by atoms with Gasteiger partial charge < -0.3 is 9.64 Å². The number of carbonyl (C=O) groups excluding carboxylic acids is 1. The molecule has 1 aromatic rings. The topological polar surface area (TPSA) is 42.4 Å². The summed E-state index contributed by atoms with van der Waals surface area (Å²) < 4.78 is 5.18. The Morgan fingerprint density at radius 3 is 3.05 bits per heavy atom. The maximum absolute atomic E-state index is 12.0. The Kier molecular flexibility index (Phi) is 3.40. The molecule has 102 valence electrons. The molecule has 0 spiro atoms. The molecule has 2 aliphatic heterocycles. The first-order valence-corrected chi connectivity index (χ1v) is 7.14. The van der Waals surface area contributed by atoms with Crippen LogP contribution >= 0.6 is 0 Å². The van der Waals surface area contributed by atoms with Gasteiger partial charge in [0, 0.05) is 30.4 Å². The van der Waals surface area contributed by atoms with Crippen LogP contribution in [0.5, 0.6) is 0 Å². The Morgan fingerprint density at radius 2 is 2.37 bits per heavy atom. The van der Waals surface area contributed by atoms with Crippen molar-refractivity contribution in [3.63, 3.8) is 0 Å². The summed E-state index contributed by atoms with van der Waals surface area (Å²) in [6.45, 7) is 3.16. The van der Waals surface area contributed by atoms with Crippen molar-refractivity contribution in [2.45, 2.75) is 38.1 Å². The van der Waals surface area contributed by atoms with Gasteiger partial charge in [-0.1, -0.05) is 6.07 Å². The molecule has 0 radical (unpaired) electrons. The van der Waals surface area contributed by atoms with Crippen molar-refractivity contribution in [2.24, 2.45) is 5.92 Å². The van der Waals surface area contributed by atoms with Gasteiger partial charge in [-0.15, -0.1) is 0 Å². The standard InChI is InChI=1S/C15H20N2O2/c1-2-19-15(18)17-10-11-6-7-14(17)12(9-11)13-5-3-4-8-16-13/h3-5,8,11-12,14H,2,6-7,9-10H2,1H3. The van der Waals surface area contributed by atoms with Gasteiger partial charge >= 0.3 is 6.09 Å². The van der Waals surface area contributed by atoms with Crippen molar-refractivity contribution in [3.05, 3.63) is 30.1 Å². The second-order valence-corrected chi connectivity index (χ2v) is 5.46. The van der Waals surface area contributed by atoms with Crippen LogP contribution in [0.15, 0.2) is 24.4 Å². The Balaban J connectivity index is 1.82. The van der Waals surface area contributed by atoms with Gasteiger partial charge in [-0.25, -0.2) is 4.79 Å². The lowest BCUT2D eigenvalue weighted by Gasteiger charge is -2.49. The predicted molar refractivity (Wildman–Crippen MR) is 71.8 cm³/mol. The highest BCUT2D eigenvalue weighted by Gasteiger charge is 2.44. The third kappa shape index (κ3) is 2.31. The molecule has 3 unspecified atom stereocenters. The molecule has 3 heterocycles. The second-order valence-electron chi connectivity index (χ2n) is 5.46. The van der Waals surface area contributed by atoms with Crippen LogP contribution in [0.4, 0.5) is 4.79 Å². The minimum absolute atomic E-state index is 0.155. The average molecular weight is 260 g/mol. The van der Waals surface area contributed by atoms with Crippen molar-refractivity contribution in [3.8, 4) is 0 Å². The summed E-state index contributed by atoms with van der Waals surface area (Å²) in [4.78, 5) is 18.5. The molecule has 3 aliphatic rings. The third-order valence-electron chi connectivity index (χ3n) is 4.35. The summed E-state index contributed by atoms with van der Waals surface area (Å²) in [5, 5.41) is 0. The Hall–Kier alpha value is -1.58. The number of piperidine rings is 2. The van der Waals surface area contributed by atoms with E-state index >= 15 is 0 Å². The number of hydrogen-bond acceptors (Lipinski definition) is 3. The molecular weight excluding hydrogens is 240 g/mol. The van der Waals surface area contributed by atoms with Gasteiger partial charge in [0.05, 0.1) is 6.61 Å².